The zero-order valence-electron chi connectivity index (χ0n) is 20.7. The third-order valence-electron chi connectivity index (χ3n) is 6.36. The van der Waals surface area contributed by atoms with Crippen molar-refractivity contribution in [3.8, 4) is 17.2 Å². The molecule has 4 aromatic rings. The van der Waals surface area contributed by atoms with Gasteiger partial charge in [0, 0.05) is 36.7 Å². The molecule has 0 saturated carbocycles. The summed E-state index contributed by atoms with van der Waals surface area (Å²) in [5.74, 6) is 2.40. The number of rotatable bonds is 10. The molecule has 2 heterocycles. The van der Waals surface area contributed by atoms with Gasteiger partial charge in [-0.1, -0.05) is 48.5 Å². The summed E-state index contributed by atoms with van der Waals surface area (Å²) in [6.45, 7) is 7.93. The second-order valence-corrected chi connectivity index (χ2v) is 8.87. The van der Waals surface area contributed by atoms with E-state index in [-0.39, 0.29) is 0 Å². The van der Waals surface area contributed by atoms with Crippen LogP contribution < -0.4 is 14.2 Å². The van der Waals surface area contributed by atoms with E-state index in [1.807, 2.05) is 67.6 Å². The molecule has 0 radical (unpaired) electrons. The zero-order chi connectivity index (χ0) is 24.6. The van der Waals surface area contributed by atoms with Crippen LogP contribution in [0.3, 0.4) is 0 Å². The first-order chi connectivity index (χ1) is 17.8. The van der Waals surface area contributed by atoms with Crippen LogP contribution in [-0.2, 0) is 18.0 Å². The molecule has 0 N–H and O–H groups in total. The molecule has 3 aromatic carbocycles. The fourth-order valence-corrected chi connectivity index (χ4v) is 4.30. The highest BCUT2D eigenvalue weighted by atomic mass is 16.5. The van der Waals surface area contributed by atoms with Gasteiger partial charge in [-0.25, -0.2) is 4.98 Å². The second kappa shape index (κ2) is 11.9. The molecule has 5 rings (SSSR count). The van der Waals surface area contributed by atoms with E-state index in [2.05, 4.69) is 23.1 Å². The lowest BCUT2D eigenvalue weighted by molar-refractivity contribution is 0.0322. The molecule has 1 aliphatic rings. The number of ether oxygens (including phenoxy) is 4. The molecule has 0 unspecified atom stereocenters. The summed E-state index contributed by atoms with van der Waals surface area (Å²) in [6.07, 6.45) is 0. The Morgan fingerprint density at radius 2 is 1.56 bits per heavy atom. The number of hydrogen-bond donors (Lipinski definition) is 0. The molecular formula is C30H32N2O4. The van der Waals surface area contributed by atoms with Crippen molar-refractivity contribution in [3.05, 3.63) is 95.7 Å². The smallest absolute Gasteiger partial charge is 0.134 e. The van der Waals surface area contributed by atoms with Crippen molar-refractivity contribution in [2.24, 2.45) is 0 Å². The standard InChI is InChI=1S/C30H32N2O4/c1-23-29(22-35-26-11-7-10-25(20-26)34-19-16-32-14-17-33-18-15-32)31-28-13-6-5-12-27(28)30(23)36-21-24-8-3-2-4-9-24/h2-13,20H,14-19,21-22H2,1H3. The predicted molar refractivity (Wildman–Crippen MR) is 141 cm³/mol. The van der Waals surface area contributed by atoms with Gasteiger partial charge in [0.15, 0.2) is 0 Å². The molecule has 1 aliphatic heterocycles. The Balaban J connectivity index is 1.26. The van der Waals surface area contributed by atoms with Crippen LogP contribution in [0.2, 0.25) is 0 Å². The first-order valence-corrected chi connectivity index (χ1v) is 12.5. The van der Waals surface area contributed by atoms with Gasteiger partial charge < -0.3 is 18.9 Å². The number of fused-ring (bicyclic) bond motifs is 1. The summed E-state index contributed by atoms with van der Waals surface area (Å²) < 4.78 is 23.8. The number of nitrogens with zero attached hydrogens (tertiary/aromatic N) is 2. The lowest BCUT2D eigenvalue weighted by Crippen LogP contribution is -2.38. The Morgan fingerprint density at radius 1 is 0.806 bits per heavy atom. The first kappa shape index (κ1) is 24.1. The Labute approximate surface area is 212 Å². The number of aromatic nitrogens is 1. The topological polar surface area (TPSA) is 53.1 Å². The molecule has 0 atom stereocenters. The van der Waals surface area contributed by atoms with Crippen LogP contribution in [0.25, 0.3) is 10.9 Å². The van der Waals surface area contributed by atoms with Gasteiger partial charge in [0.25, 0.3) is 0 Å². The van der Waals surface area contributed by atoms with Crippen LogP contribution in [0.1, 0.15) is 16.8 Å². The molecule has 0 amide bonds. The summed E-state index contributed by atoms with van der Waals surface area (Å²) in [5, 5.41) is 1.00. The van der Waals surface area contributed by atoms with Crippen molar-refractivity contribution < 1.29 is 18.9 Å². The van der Waals surface area contributed by atoms with E-state index >= 15 is 0 Å². The van der Waals surface area contributed by atoms with E-state index < -0.39 is 0 Å². The molecule has 6 nitrogen and oxygen atoms in total. The third kappa shape index (κ3) is 6.14. The Hall–Kier alpha value is -3.61. The molecule has 0 bridgehead atoms. The molecule has 1 aromatic heterocycles. The number of hydrogen-bond acceptors (Lipinski definition) is 6. The molecule has 186 valence electrons. The Bertz CT molecular complexity index is 1270. The monoisotopic (exact) mass is 484 g/mol. The van der Waals surface area contributed by atoms with Crippen LogP contribution >= 0.6 is 0 Å². The second-order valence-electron chi connectivity index (χ2n) is 8.87. The molecule has 1 fully saturated rings. The van der Waals surface area contributed by atoms with Crippen molar-refractivity contribution in [1.29, 1.82) is 0 Å². The fraction of sp³-hybridized carbons (Fsp3) is 0.300. The molecule has 0 spiro atoms. The summed E-state index contributed by atoms with van der Waals surface area (Å²) in [5.41, 5.74) is 3.86. The Morgan fingerprint density at radius 3 is 2.39 bits per heavy atom. The quantitative estimate of drug-likeness (QED) is 0.300. The number of pyridine rings is 1. The molecule has 1 saturated heterocycles. The maximum absolute atomic E-state index is 6.31. The lowest BCUT2D eigenvalue weighted by atomic mass is 10.1. The van der Waals surface area contributed by atoms with Crippen LogP contribution in [0, 0.1) is 6.92 Å². The van der Waals surface area contributed by atoms with E-state index in [1.54, 1.807) is 0 Å². The third-order valence-corrected chi connectivity index (χ3v) is 6.36. The van der Waals surface area contributed by atoms with E-state index in [9.17, 15) is 0 Å². The number of benzene rings is 3. The minimum Gasteiger partial charge on any atom is -0.492 e. The van der Waals surface area contributed by atoms with E-state index in [0.717, 1.165) is 77.8 Å². The highest BCUT2D eigenvalue weighted by Crippen LogP contribution is 2.32. The van der Waals surface area contributed by atoms with Gasteiger partial charge in [-0.15, -0.1) is 0 Å². The normalized spacial score (nSPS) is 14.0. The van der Waals surface area contributed by atoms with Gasteiger partial charge in [-0.2, -0.15) is 0 Å². The summed E-state index contributed by atoms with van der Waals surface area (Å²) >= 11 is 0. The number of morpholine rings is 1. The highest BCUT2D eigenvalue weighted by molar-refractivity contribution is 5.86. The molecule has 6 heteroatoms. The largest absolute Gasteiger partial charge is 0.492 e. The zero-order valence-corrected chi connectivity index (χ0v) is 20.7. The van der Waals surface area contributed by atoms with Gasteiger partial charge >= 0.3 is 0 Å². The summed E-state index contributed by atoms with van der Waals surface area (Å²) in [7, 11) is 0. The van der Waals surface area contributed by atoms with Crippen LogP contribution in [0.15, 0.2) is 78.9 Å². The van der Waals surface area contributed by atoms with Crippen LogP contribution in [0.5, 0.6) is 17.2 Å². The maximum Gasteiger partial charge on any atom is 0.134 e. The van der Waals surface area contributed by atoms with E-state index in [0.29, 0.717) is 19.8 Å². The fourth-order valence-electron chi connectivity index (χ4n) is 4.30. The molecule has 0 aliphatic carbocycles. The predicted octanol–water partition coefficient (Wildman–Crippen LogP) is 5.41. The van der Waals surface area contributed by atoms with Crippen molar-refractivity contribution in [2.75, 3.05) is 39.5 Å². The number of para-hydroxylation sites is 1. The van der Waals surface area contributed by atoms with Gasteiger partial charge in [0.1, 0.15) is 37.1 Å². The SMILES string of the molecule is Cc1c(COc2cccc(OCCN3CCOCC3)c2)nc2ccccc2c1OCc1ccccc1. The Kier molecular flexibility index (Phi) is 7.96. The van der Waals surface area contributed by atoms with Crippen LogP contribution in [0.4, 0.5) is 0 Å². The van der Waals surface area contributed by atoms with Crippen molar-refractivity contribution >= 4 is 10.9 Å². The molecule has 36 heavy (non-hydrogen) atoms. The summed E-state index contributed by atoms with van der Waals surface area (Å²) in [6, 6.07) is 26.1. The minimum absolute atomic E-state index is 0.343. The van der Waals surface area contributed by atoms with Gasteiger partial charge in [-0.05, 0) is 36.8 Å². The van der Waals surface area contributed by atoms with E-state index in [4.69, 9.17) is 23.9 Å². The summed E-state index contributed by atoms with van der Waals surface area (Å²) in [4.78, 5) is 7.23. The first-order valence-electron chi connectivity index (χ1n) is 12.5. The van der Waals surface area contributed by atoms with Gasteiger partial charge in [0.05, 0.1) is 24.4 Å². The van der Waals surface area contributed by atoms with Gasteiger partial charge in [-0.3, -0.25) is 4.90 Å². The lowest BCUT2D eigenvalue weighted by Gasteiger charge is -2.26. The van der Waals surface area contributed by atoms with Crippen molar-refractivity contribution in [1.82, 2.24) is 9.88 Å². The maximum atomic E-state index is 6.31. The molecular weight excluding hydrogens is 452 g/mol. The average Bonchev–Trinajstić information content (AvgIpc) is 2.93. The minimum atomic E-state index is 0.343. The van der Waals surface area contributed by atoms with Crippen molar-refractivity contribution in [2.45, 2.75) is 20.1 Å². The average molecular weight is 485 g/mol. The van der Waals surface area contributed by atoms with Gasteiger partial charge in [0.2, 0.25) is 0 Å². The van der Waals surface area contributed by atoms with Crippen molar-refractivity contribution in [3.63, 3.8) is 0 Å². The van der Waals surface area contributed by atoms with E-state index in [1.165, 1.54) is 0 Å². The highest BCUT2D eigenvalue weighted by Gasteiger charge is 2.14. The van der Waals surface area contributed by atoms with Crippen LogP contribution in [-0.4, -0.2) is 49.3 Å².